The van der Waals surface area contributed by atoms with E-state index in [4.69, 9.17) is 16.3 Å². The first-order chi connectivity index (χ1) is 13.6. The molecule has 0 N–H and O–H groups in total. The van der Waals surface area contributed by atoms with Gasteiger partial charge in [0.05, 0.1) is 18.8 Å². The maximum Gasteiger partial charge on any atom is 0.355 e. The van der Waals surface area contributed by atoms with Crippen LogP contribution >= 0.6 is 22.9 Å². The van der Waals surface area contributed by atoms with E-state index in [1.165, 1.54) is 15.9 Å². The lowest BCUT2D eigenvalue weighted by atomic mass is 10.2. The summed E-state index contributed by atoms with van der Waals surface area (Å²) in [5, 5.41) is 1.04. The largest absolute Gasteiger partial charge is 0.462 e. The van der Waals surface area contributed by atoms with E-state index in [0.717, 1.165) is 5.56 Å². The molecule has 7 nitrogen and oxygen atoms in total. The van der Waals surface area contributed by atoms with Crippen LogP contribution in [0, 0.1) is 0 Å². The number of fused-ring (bicyclic) bond motifs is 1. The monoisotopic (exact) mass is 414 g/mol. The molecule has 2 aliphatic rings. The molecule has 0 saturated heterocycles. The SMILES string of the molecule is CCOC(=O)c1ccc(-n2c3cccn(Cc4ccc(Cl)nc4)c-3nc2=O)s1. The van der Waals surface area contributed by atoms with Crippen LogP contribution in [0.15, 0.2) is 53.6 Å². The minimum atomic E-state index is -0.402. The van der Waals surface area contributed by atoms with E-state index in [1.54, 1.807) is 31.3 Å². The highest BCUT2D eigenvalue weighted by Crippen LogP contribution is 2.27. The van der Waals surface area contributed by atoms with Gasteiger partial charge in [0.2, 0.25) is 0 Å². The van der Waals surface area contributed by atoms with Crippen molar-refractivity contribution in [2.75, 3.05) is 6.61 Å². The number of hydrogen-bond acceptors (Lipinski definition) is 6. The van der Waals surface area contributed by atoms with Crippen molar-refractivity contribution >= 4 is 28.9 Å². The first-order valence-electron chi connectivity index (χ1n) is 8.52. The molecule has 2 aromatic rings. The lowest BCUT2D eigenvalue weighted by molar-refractivity contribution is 0.0532. The number of imidazole rings is 1. The summed E-state index contributed by atoms with van der Waals surface area (Å²) < 4.78 is 8.39. The van der Waals surface area contributed by atoms with Crippen molar-refractivity contribution < 1.29 is 9.53 Å². The number of thiophene rings is 1. The third-order valence-electron chi connectivity index (χ3n) is 4.09. The lowest BCUT2D eigenvalue weighted by Gasteiger charge is -2.12. The second kappa shape index (κ2) is 7.57. The molecule has 0 atom stereocenters. The summed E-state index contributed by atoms with van der Waals surface area (Å²) in [7, 11) is 0. The van der Waals surface area contributed by atoms with Gasteiger partial charge in [0, 0.05) is 12.4 Å². The fourth-order valence-corrected chi connectivity index (χ4v) is 3.89. The van der Waals surface area contributed by atoms with Crippen molar-refractivity contribution in [3.63, 3.8) is 0 Å². The molecular weight excluding hydrogens is 400 g/mol. The molecule has 0 radical (unpaired) electrons. The predicted molar refractivity (Wildman–Crippen MR) is 107 cm³/mol. The number of carbonyl (C=O) groups excluding carboxylic acids is 1. The van der Waals surface area contributed by atoms with E-state index in [0.29, 0.717) is 39.7 Å². The normalized spacial score (nSPS) is 11.1. The number of hydrogen-bond donors (Lipinski definition) is 0. The minimum absolute atomic E-state index is 0.298. The standard InChI is InChI=1S/C19H15ClN4O3S/c1-2-27-18(25)14-6-8-16(28-14)24-13-4-3-9-23(17(13)22-19(24)26)11-12-5-7-15(20)21-10-12/h3-10H,2,11H2,1H3. The number of esters is 1. The Balaban J connectivity index is 1.70. The Hall–Kier alpha value is -2.97. The Labute approximate surface area is 169 Å². The molecule has 0 saturated carbocycles. The van der Waals surface area contributed by atoms with Crippen LogP contribution in [0.4, 0.5) is 0 Å². The molecular formula is C19H15ClN4O3S. The third-order valence-corrected chi connectivity index (χ3v) is 5.36. The van der Waals surface area contributed by atoms with Gasteiger partial charge in [-0.2, -0.15) is 4.98 Å². The van der Waals surface area contributed by atoms with Gasteiger partial charge < -0.3 is 9.30 Å². The van der Waals surface area contributed by atoms with Crippen molar-refractivity contribution in [2.45, 2.75) is 13.5 Å². The number of halogens is 1. The van der Waals surface area contributed by atoms with E-state index in [2.05, 4.69) is 9.97 Å². The first-order valence-corrected chi connectivity index (χ1v) is 9.72. The number of rotatable bonds is 5. The third kappa shape index (κ3) is 3.44. The summed E-state index contributed by atoms with van der Waals surface area (Å²) in [5.74, 6) is 0.148. The van der Waals surface area contributed by atoms with Crippen molar-refractivity contribution in [1.29, 1.82) is 0 Å². The van der Waals surface area contributed by atoms with Gasteiger partial charge in [0.1, 0.15) is 15.0 Å². The zero-order valence-electron chi connectivity index (χ0n) is 14.8. The molecule has 0 aromatic carbocycles. The number of ether oxygens (including phenoxy) is 1. The molecule has 2 aliphatic heterocycles. The Bertz CT molecular complexity index is 1160. The number of pyridine rings is 2. The molecule has 142 valence electrons. The van der Waals surface area contributed by atoms with Crippen LogP contribution in [0.25, 0.3) is 16.5 Å². The van der Waals surface area contributed by atoms with Gasteiger partial charge >= 0.3 is 11.7 Å². The van der Waals surface area contributed by atoms with E-state index >= 15 is 0 Å². The summed E-state index contributed by atoms with van der Waals surface area (Å²) in [4.78, 5) is 33.2. The van der Waals surface area contributed by atoms with Gasteiger partial charge in [-0.25, -0.2) is 19.1 Å². The highest BCUT2D eigenvalue weighted by atomic mass is 35.5. The second-order valence-corrected chi connectivity index (χ2v) is 7.37. The van der Waals surface area contributed by atoms with Gasteiger partial charge in [-0.05, 0) is 42.8 Å². The first kappa shape index (κ1) is 18.4. The maximum absolute atomic E-state index is 12.6. The lowest BCUT2D eigenvalue weighted by Crippen LogP contribution is -2.13. The Morgan fingerprint density at radius 1 is 1.25 bits per heavy atom. The Kier molecular flexibility index (Phi) is 4.97. The summed E-state index contributed by atoms with van der Waals surface area (Å²) in [5.41, 5.74) is 1.19. The zero-order chi connectivity index (χ0) is 19.7. The fourth-order valence-electron chi connectivity index (χ4n) is 2.87. The average Bonchev–Trinajstić information content (AvgIpc) is 3.28. The van der Waals surface area contributed by atoms with Gasteiger partial charge in [-0.3, -0.25) is 0 Å². The smallest absolute Gasteiger partial charge is 0.355 e. The predicted octanol–water partition coefficient (Wildman–Crippen LogP) is 3.47. The van der Waals surface area contributed by atoms with E-state index in [1.807, 2.05) is 29.0 Å². The van der Waals surface area contributed by atoms with Crippen LogP contribution in [-0.4, -0.2) is 31.7 Å². The van der Waals surface area contributed by atoms with Crippen LogP contribution < -0.4 is 5.69 Å². The molecule has 0 aliphatic carbocycles. The van der Waals surface area contributed by atoms with Crippen molar-refractivity contribution in [3.05, 3.63) is 74.9 Å². The van der Waals surface area contributed by atoms with Crippen LogP contribution in [-0.2, 0) is 11.3 Å². The number of nitrogens with zero attached hydrogens (tertiary/aromatic N) is 4. The quantitative estimate of drug-likeness (QED) is 0.369. The summed E-state index contributed by atoms with van der Waals surface area (Å²) in [6, 6.07) is 10.6. The van der Waals surface area contributed by atoms with Crippen LogP contribution in [0.2, 0.25) is 5.15 Å². The van der Waals surface area contributed by atoms with Gasteiger partial charge in [-0.15, -0.1) is 11.3 Å². The van der Waals surface area contributed by atoms with Gasteiger partial charge in [-0.1, -0.05) is 17.7 Å². The maximum atomic E-state index is 12.6. The molecule has 0 fully saturated rings. The molecule has 4 rings (SSSR count). The summed E-state index contributed by atoms with van der Waals surface area (Å²) in [6.45, 7) is 2.55. The molecule has 4 heterocycles. The molecule has 0 spiro atoms. The molecule has 0 amide bonds. The van der Waals surface area contributed by atoms with Crippen LogP contribution in [0.1, 0.15) is 22.2 Å². The molecule has 0 unspecified atom stereocenters. The van der Waals surface area contributed by atoms with Crippen LogP contribution in [0.3, 0.4) is 0 Å². The highest BCUT2D eigenvalue weighted by molar-refractivity contribution is 7.16. The number of aromatic nitrogens is 4. The topological polar surface area (TPSA) is 79.0 Å². The van der Waals surface area contributed by atoms with Crippen molar-refractivity contribution in [1.82, 2.24) is 19.1 Å². The van der Waals surface area contributed by atoms with E-state index in [-0.39, 0.29) is 0 Å². The summed E-state index contributed by atoms with van der Waals surface area (Å²) in [6.07, 6.45) is 3.54. The van der Waals surface area contributed by atoms with Crippen molar-refractivity contribution in [3.8, 4) is 16.5 Å². The van der Waals surface area contributed by atoms with Gasteiger partial charge in [0.25, 0.3) is 0 Å². The fraction of sp³-hybridized carbons (Fsp3) is 0.158. The number of carbonyl (C=O) groups is 1. The minimum Gasteiger partial charge on any atom is -0.462 e. The highest BCUT2D eigenvalue weighted by Gasteiger charge is 2.21. The Morgan fingerprint density at radius 2 is 2.11 bits per heavy atom. The molecule has 9 heteroatoms. The van der Waals surface area contributed by atoms with Gasteiger partial charge in [0.15, 0.2) is 5.82 Å². The molecule has 28 heavy (non-hydrogen) atoms. The molecule has 2 aromatic heterocycles. The van der Waals surface area contributed by atoms with Crippen LogP contribution in [0.5, 0.6) is 0 Å². The van der Waals surface area contributed by atoms with E-state index < -0.39 is 11.7 Å². The summed E-state index contributed by atoms with van der Waals surface area (Å²) >= 11 is 7.03. The average molecular weight is 415 g/mol. The molecule has 0 bridgehead atoms. The van der Waals surface area contributed by atoms with E-state index in [9.17, 15) is 9.59 Å². The Morgan fingerprint density at radius 3 is 2.86 bits per heavy atom. The zero-order valence-corrected chi connectivity index (χ0v) is 16.4. The second-order valence-electron chi connectivity index (χ2n) is 5.92. The van der Waals surface area contributed by atoms with Crippen molar-refractivity contribution in [2.24, 2.45) is 0 Å².